The minimum absolute atomic E-state index is 0.0347. The van der Waals surface area contributed by atoms with Gasteiger partial charge in [0.1, 0.15) is 11.6 Å². The fourth-order valence-corrected chi connectivity index (χ4v) is 2.27. The van der Waals surface area contributed by atoms with Crippen LogP contribution >= 0.6 is 11.6 Å². The average Bonchev–Trinajstić information content (AvgIpc) is 2.44. The Kier molecular flexibility index (Phi) is 5.10. The molecule has 0 aliphatic rings. The molecule has 20 heavy (non-hydrogen) atoms. The van der Waals surface area contributed by atoms with Gasteiger partial charge in [0.25, 0.3) is 0 Å². The van der Waals surface area contributed by atoms with Gasteiger partial charge in [-0.1, -0.05) is 35.9 Å². The third-order valence-electron chi connectivity index (χ3n) is 3.30. The molecule has 0 spiro atoms. The summed E-state index contributed by atoms with van der Waals surface area (Å²) in [6.45, 7) is 0. The molecule has 0 bridgehead atoms. The van der Waals surface area contributed by atoms with Crippen molar-refractivity contribution < 1.29 is 8.78 Å². The summed E-state index contributed by atoms with van der Waals surface area (Å²) in [7, 11) is 1.82. The predicted octanol–water partition coefficient (Wildman–Crippen LogP) is 3.99. The van der Waals surface area contributed by atoms with Gasteiger partial charge in [0.15, 0.2) is 0 Å². The largest absolute Gasteiger partial charge is 0.316 e. The second-order valence-electron chi connectivity index (χ2n) is 4.73. The average molecular weight is 296 g/mol. The quantitative estimate of drug-likeness (QED) is 0.879. The zero-order valence-electron chi connectivity index (χ0n) is 11.2. The van der Waals surface area contributed by atoms with Crippen molar-refractivity contribution in [1.82, 2.24) is 5.32 Å². The number of halogens is 3. The summed E-state index contributed by atoms with van der Waals surface area (Å²) in [4.78, 5) is 0. The Morgan fingerprint density at radius 2 is 1.80 bits per heavy atom. The molecule has 0 radical (unpaired) electrons. The van der Waals surface area contributed by atoms with E-state index < -0.39 is 5.82 Å². The molecular weight excluding hydrogens is 280 g/mol. The zero-order chi connectivity index (χ0) is 14.5. The molecule has 0 saturated carbocycles. The molecule has 2 aromatic carbocycles. The molecule has 0 amide bonds. The lowest BCUT2D eigenvalue weighted by Crippen LogP contribution is -2.30. The first kappa shape index (κ1) is 14.9. The van der Waals surface area contributed by atoms with Crippen LogP contribution in [0, 0.1) is 11.6 Å². The Labute approximate surface area is 122 Å². The standard InChI is InChI=1S/C16H16ClF2N/c1-20-13(10-12-4-2-3-5-15(12)18)8-11-6-7-14(17)16(19)9-11/h2-7,9,13,20H,8,10H2,1H3. The van der Waals surface area contributed by atoms with Crippen molar-refractivity contribution >= 4 is 11.6 Å². The van der Waals surface area contributed by atoms with Crippen molar-refractivity contribution in [2.45, 2.75) is 18.9 Å². The second kappa shape index (κ2) is 6.82. The maximum Gasteiger partial charge on any atom is 0.142 e. The van der Waals surface area contributed by atoms with Crippen LogP contribution in [-0.2, 0) is 12.8 Å². The Balaban J connectivity index is 2.09. The zero-order valence-corrected chi connectivity index (χ0v) is 11.9. The highest BCUT2D eigenvalue weighted by Gasteiger charge is 2.12. The summed E-state index contributed by atoms with van der Waals surface area (Å²) in [5.74, 6) is -0.639. The molecule has 0 aliphatic heterocycles. The predicted molar refractivity (Wildman–Crippen MR) is 78.1 cm³/mol. The van der Waals surface area contributed by atoms with Gasteiger partial charge in [-0.15, -0.1) is 0 Å². The smallest absolute Gasteiger partial charge is 0.142 e. The van der Waals surface area contributed by atoms with E-state index in [1.807, 2.05) is 13.1 Å². The molecule has 0 heterocycles. The van der Waals surface area contributed by atoms with Crippen LogP contribution < -0.4 is 5.32 Å². The number of nitrogens with one attached hydrogen (secondary N) is 1. The van der Waals surface area contributed by atoms with Crippen molar-refractivity contribution in [2.24, 2.45) is 0 Å². The Morgan fingerprint density at radius 3 is 2.45 bits per heavy atom. The maximum absolute atomic E-state index is 13.6. The van der Waals surface area contributed by atoms with Crippen molar-refractivity contribution in [3.05, 3.63) is 70.2 Å². The molecule has 0 fully saturated rings. The first-order chi connectivity index (χ1) is 9.60. The van der Waals surface area contributed by atoms with Gasteiger partial charge in [0, 0.05) is 6.04 Å². The number of benzene rings is 2. The lowest BCUT2D eigenvalue weighted by molar-refractivity contribution is 0.530. The molecule has 1 nitrogen and oxygen atoms in total. The minimum atomic E-state index is -0.426. The second-order valence-corrected chi connectivity index (χ2v) is 5.14. The van der Waals surface area contributed by atoms with Crippen LogP contribution in [0.2, 0.25) is 5.02 Å². The summed E-state index contributed by atoms with van der Waals surface area (Å²) in [6, 6.07) is 11.5. The van der Waals surface area contributed by atoms with Gasteiger partial charge in [0.05, 0.1) is 5.02 Å². The van der Waals surface area contributed by atoms with Crippen LogP contribution in [0.3, 0.4) is 0 Å². The molecular formula is C16H16ClF2N. The van der Waals surface area contributed by atoms with Crippen LogP contribution in [0.25, 0.3) is 0 Å². The van der Waals surface area contributed by atoms with Gasteiger partial charge in [-0.2, -0.15) is 0 Å². The van der Waals surface area contributed by atoms with Crippen LogP contribution in [-0.4, -0.2) is 13.1 Å². The first-order valence-corrected chi connectivity index (χ1v) is 6.82. The molecule has 0 aliphatic carbocycles. The van der Waals surface area contributed by atoms with Gasteiger partial charge in [-0.25, -0.2) is 8.78 Å². The van der Waals surface area contributed by atoms with Gasteiger partial charge < -0.3 is 5.32 Å². The van der Waals surface area contributed by atoms with Crippen LogP contribution in [0.4, 0.5) is 8.78 Å². The van der Waals surface area contributed by atoms with E-state index in [1.165, 1.54) is 12.1 Å². The summed E-state index contributed by atoms with van der Waals surface area (Å²) in [6.07, 6.45) is 1.16. The van der Waals surface area contributed by atoms with E-state index in [1.54, 1.807) is 24.3 Å². The minimum Gasteiger partial charge on any atom is -0.316 e. The molecule has 1 atom stereocenters. The van der Waals surface area contributed by atoms with Crippen LogP contribution in [0.15, 0.2) is 42.5 Å². The lowest BCUT2D eigenvalue weighted by atomic mass is 9.99. The number of hydrogen-bond donors (Lipinski definition) is 1. The Hall–Kier alpha value is -1.45. The molecule has 2 rings (SSSR count). The van der Waals surface area contributed by atoms with Crippen molar-refractivity contribution in [3.8, 4) is 0 Å². The van der Waals surface area contributed by atoms with Crippen molar-refractivity contribution in [1.29, 1.82) is 0 Å². The highest BCUT2D eigenvalue weighted by molar-refractivity contribution is 6.30. The monoisotopic (exact) mass is 295 g/mol. The molecule has 4 heteroatoms. The van der Waals surface area contributed by atoms with E-state index in [0.29, 0.717) is 18.4 Å². The molecule has 0 aromatic heterocycles. The summed E-state index contributed by atoms with van der Waals surface area (Å²) < 4.78 is 27.0. The van der Waals surface area contributed by atoms with E-state index in [9.17, 15) is 8.78 Å². The van der Waals surface area contributed by atoms with Gasteiger partial charge in [0.2, 0.25) is 0 Å². The summed E-state index contributed by atoms with van der Waals surface area (Å²) in [5, 5.41) is 3.25. The maximum atomic E-state index is 13.6. The number of hydrogen-bond acceptors (Lipinski definition) is 1. The summed E-state index contributed by atoms with van der Waals surface area (Å²) >= 11 is 5.66. The first-order valence-electron chi connectivity index (χ1n) is 6.44. The number of rotatable bonds is 5. The van der Waals surface area contributed by atoms with Gasteiger partial charge in [-0.3, -0.25) is 0 Å². The fourth-order valence-electron chi connectivity index (χ4n) is 2.16. The van der Waals surface area contributed by atoms with Crippen LogP contribution in [0.1, 0.15) is 11.1 Å². The van der Waals surface area contributed by atoms with Gasteiger partial charge >= 0.3 is 0 Å². The van der Waals surface area contributed by atoms with E-state index in [-0.39, 0.29) is 16.9 Å². The highest BCUT2D eigenvalue weighted by atomic mass is 35.5. The van der Waals surface area contributed by atoms with E-state index in [0.717, 1.165) is 5.56 Å². The SMILES string of the molecule is CNC(Cc1ccc(Cl)c(F)c1)Cc1ccccc1F. The van der Waals surface area contributed by atoms with E-state index >= 15 is 0 Å². The fraction of sp³-hybridized carbons (Fsp3) is 0.250. The molecule has 0 saturated heterocycles. The third kappa shape index (κ3) is 3.78. The molecule has 106 valence electrons. The Bertz CT molecular complexity index is 586. The van der Waals surface area contributed by atoms with Gasteiger partial charge in [-0.05, 0) is 49.2 Å². The van der Waals surface area contributed by atoms with Crippen LogP contribution in [0.5, 0.6) is 0 Å². The highest BCUT2D eigenvalue weighted by Crippen LogP contribution is 2.18. The topological polar surface area (TPSA) is 12.0 Å². The number of likely N-dealkylation sites (N-methyl/N-ethyl adjacent to an activating group) is 1. The normalized spacial score (nSPS) is 12.4. The molecule has 1 unspecified atom stereocenters. The van der Waals surface area contributed by atoms with Crippen molar-refractivity contribution in [3.63, 3.8) is 0 Å². The van der Waals surface area contributed by atoms with Crippen molar-refractivity contribution in [2.75, 3.05) is 7.05 Å². The summed E-state index contributed by atoms with van der Waals surface area (Å²) in [5.41, 5.74) is 1.49. The van der Waals surface area contributed by atoms with E-state index in [2.05, 4.69) is 5.32 Å². The molecule has 1 N–H and O–H groups in total. The molecule has 2 aromatic rings. The van der Waals surface area contributed by atoms with E-state index in [4.69, 9.17) is 11.6 Å². The lowest BCUT2D eigenvalue weighted by Gasteiger charge is -2.17. The third-order valence-corrected chi connectivity index (χ3v) is 3.61. The Morgan fingerprint density at radius 1 is 1.05 bits per heavy atom.